The van der Waals surface area contributed by atoms with Crippen LogP contribution in [-0.2, 0) is 17.8 Å². The number of hydrogen-bond acceptors (Lipinski definition) is 7. The van der Waals surface area contributed by atoms with Crippen molar-refractivity contribution in [3.8, 4) is 33.8 Å². The van der Waals surface area contributed by atoms with E-state index in [4.69, 9.17) is 38.4 Å². The fourth-order valence-electron chi connectivity index (χ4n) is 5.24. The van der Waals surface area contributed by atoms with E-state index in [-0.39, 0.29) is 24.5 Å². The Labute approximate surface area is 301 Å². The SMILES string of the molecule is COC(=O)c1cn(Cc2ccc(OC)c(-c3cccc(Cl)c3)c2F)cn1.COc1ccc(Cn2cnc(C(N)=O)c2)c(F)c1-c1cccc(Cl)c1. The van der Waals surface area contributed by atoms with E-state index < -0.39 is 23.5 Å². The maximum Gasteiger partial charge on any atom is 0.358 e. The highest BCUT2D eigenvalue weighted by molar-refractivity contribution is 6.31. The second-order valence-electron chi connectivity index (χ2n) is 11.0. The zero-order valence-electron chi connectivity index (χ0n) is 27.6. The van der Waals surface area contributed by atoms with Crippen molar-refractivity contribution in [1.29, 1.82) is 0 Å². The number of carbonyl (C=O) groups is 2. The second kappa shape index (κ2) is 16.3. The van der Waals surface area contributed by atoms with E-state index >= 15 is 8.78 Å². The number of hydrogen-bond donors (Lipinski definition) is 1. The average Bonchev–Trinajstić information content (AvgIpc) is 3.80. The van der Waals surface area contributed by atoms with Crippen LogP contribution in [0.25, 0.3) is 22.3 Å². The van der Waals surface area contributed by atoms with Crippen LogP contribution in [0.4, 0.5) is 8.78 Å². The van der Waals surface area contributed by atoms with Gasteiger partial charge in [0.15, 0.2) is 5.69 Å². The quantitative estimate of drug-likeness (QED) is 0.143. The molecule has 6 rings (SSSR count). The molecule has 51 heavy (non-hydrogen) atoms. The molecule has 2 aromatic heterocycles. The molecule has 0 aliphatic rings. The molecule has 2 N–H and O–H groups in total. The minimum absolute atomic E-state index is 0.129. The molecule has 0 radical (unpaired) electrons. The van der Waals surface area contributed by atoms with Gasteiger partial charge in [-0.1, -0.05) is 59.6 Å². The molecule has 4 aromatic carbocycles. The maximum atomic E-state index is 15.2. The monoisotopic (exact) mass is 733 g/mol. The van der Waals surface area contributed by atoms with Crippen molar-refractivity contribution in [3.63, 3.8) is 0 Å². The van der Waals surface area contributed by atoms with Gasteiger partial charge in [0.05, 0.1) is 58.2 Å². The number of primary amides is 1. The van der Waals surface area contributed by atoms with Crippen LogP contribution in [0.5, 0.6) is 11.5 Å². The van der Waals surface area contributed by atoms with Gasteiger partial charge in [-0.05, 0) is 47.5 Å². The lowest BCUT2D eigenvalue weighted by Gasteiger charge is -2.14. The smallest absolute Gasteiger partial charge is 0.358 e. The second-order valence-corrected chi connectivity index (χ2v) is 11.8. The number of esters is 1. The highest BCUT2D eigenvalue weighted by Gasteiger charge is 2.19. The Morgan fingerprint density at radius 3 is 1.55 bits per heavy atom. The molecule has 0 unspecified atom stereocenters. The largest absolute Gasteiger partial charge is 0.496 e. The van der Waals surface area contributed by atoms with Crippen molar-refractivity contribution < 1.29 is 32.6 Å². The number of imidazole rings is 2. The zero-order chi connectivity index (χ0) is 36.7. The fourth-order valence-corrected chi connectivity index (χ4v) is 5.62. The average molecular weight is 735 g/mol. The minimum atomic E-state index is -0.631. The van der Waals surface area contributed by atoms with Crippen LogP contribution in [0.1, 0.15) is 32.1 Å². The number of ether oxygens (including phenoxy) is 3. The molecule has 6 aromatic rings. The number of benzene rings is 4. The Balaban J connectivity index is 0.000000198. The van der Waals surface area contributed by atoms with Crippen molar-refractivity contribution in [2.75, 3.05) is 21.3 Å². The van der Waals surface area contributed by atoms with E-state index in [0.29, 0.717) is 54.9 Å². The lowest BCUT2D eigenvalue weighted by Crippen LogP contribution is -2.11. The van der Waals surface area contributed by atoms with Crippen molar-refractivity contribution in [1.82, 2.24) is 19.1 Å². The van der Waals surface area contributed by atoms with Crippen LogP contribution in [0.2, 0.25) is 10.0 Å². The van der Waals surface area contributed by atoms with Gasteiger partial charge in [0, 0.05) is 33.6 Å². The highest BCUT2D eigenvalue weighted by Crippen LogP contribution is 2.37. The molecule has 0 bridgehead atoms. The third-order valence-corrected chi connectivity index (χ3v) is 8.12. The van der Waals surface area contributed by atoms with Gasteiger partial charge >= 0.3 is 5.97 Å². The summed E-state index contributed by atoms with van der Waals surface area (Å²) in [6, 6.07) is 20.5. The number of amides is 1. The summed E-state index contributed by atoms with van der Waals surface area (Å²) in [6.45, 7) is 0.400. The lowest BCUT2D eigenvalue weighted by molar-refractivity contribution is 0.0594. The first-order valence-electron chi connectivity index (χ1n) is 15.2. The van der Waals surface area contributed by atoms with Gasteiger partial charge < -0.3 is 29.1 Å². The first-order valence-corrected chi connectivity index (χ1v) is 15.9. The molecule has 14 heteroatoms. The van der Waals surface area contributed by atoms with E-state index in [1.165, 1.54) is 46.4 Å². The highest BCUT2D eigenvalue weighted by atomic mass is 35.5. The Morgan fingerprint density at radius 2 is 1.16 bits per heavy atom. The Bertz CT molecular complexity index is 2200. The Kier molecular flexibility index (Phi) is 11.7. The summed E-state index contributed by atoms with van der Waals surface area (Å²) in [6.07, 6.45) is 5.87. The third-order valence-electron chi connectivity index (χ3n) is 7.65. The fraction of sp³-hybridized carbons (Fsp3) is 0.135. The predicted molar refractivity (Wildman–Crippen MR) is 189 cm³/mol. The topological polar surface area (TPSA) is 123 Å². The first-order chi connectivity index (χ1) is 24.5. The number of rotatable bonds is 10. The molecule has 0 fully saturated rings. The summed E-state index contributed by atoms with van der Waals surface area (Å²) < 4.78 is 48.8. The first kappa shape index (κ1) is 36.6. The van der Waals surface area contributed by atoms with Gasteiger partial charge in [0.2, 0.25) is 0 Å². The molecule has 0 saturated carbocycles. The Hall–Kier alpha value is -5.72. The molecular weight excluding hydrogens is 703 g/mol. The molecule has 1 amide bonds. The summed E-state index contributed by atoms with van der Waals surface area (Å²) in [5.74, 6) is -1.19. The molecule has 0 saturated heterocycles. The number of nitrogens with two attached hydrogens (primary N) is 1. The molecule has 0 spiro atoms. The van der Waals surface area contributed by atoms with Crippen LogP contribution in [-0.4, -0.2) is 52.3 Å². The van der Waals surface area contributed by atoms with Crippen LogP contribution in [0.15, 0.2) is 97.8 Å². The summed E-state index contributed by atoms with van der Waals surface area (Å²) >= 11 is 12.1. The van der Waals surface area contributed by atoms with Crippen LogP contribution in [0.3, 0.4) is 0 Å². The van der Waals surface area contributed by atoms with E-state index in [0.717, 1.165) is 0 Å². The van der Waals surface area contributed by atoms with Gasteiger partial charge in [-0.15, -0.1) is 0 Å². The molecule has 0 aliphatic carbocycles. The van der Waals surface area contributed by atoms with Gasteiger partial charge in [0.25, 0.3) is 5.91 Å². The number of methoxy groups -OCH3 is 3. The van der Waals surface area contributed by atoms with Gasteiger partial charge in [0.1, 0.15) is 28.8 Å². The van der Waals surface area contributed by atoms with E-state index in [9.17, 15) is 9.59 Å². The number of halogens is 4. The molecule has 0 aliphatic heterocycles. The van der Waals surface area contributed by atoms with Gasteiger partial charge in [-0.25, -0.2) is 23.5 Å². The molecular formula is C37H31Cl2F2N5O5. The van der Waals surface area contributed by atoms with E-state index in [2.05, 4.69) is 14.7 Å². The summed E-state index contributed by atoms with van der Waals surface area (Å²) in [7, 11) is 4.25. The van der Waals surface area contributed by atoms with Gasteiger partial charge in [-0.2, -0.15) is 0 Å². The number of nitrogens with zero attached hydrogens (tertiary/aromatic N) is 4. The van der Waals surface area contributed by atoms with Crippen LogP contribution >= 0.6 is 23.2 Å². The molecule has 0 atom stereocenters. The van der Waals surface area contributed by atoms with Crippen LogP contribution < -0.4 is 15.2 Å². The maximum absolute atomic E-state index is 15.2. The van der Waals surface area contributed by atoms with Crippen molar-refractivity contribution in [2.45, 2.75) is 13.1 Å². The van der Waals surface area contributed by atoms with Crippen molar-refractivity contribution in [3.05, 3.63) is 142 Å². The van der Waals surface area contributed by atoms with Crippen molar-refractivity contribution >= 4 is 35.1 Å². The summed E-state index contributed by atoms with van der Waals surface area (Å²) in [5, 5.41) is 1.01. The van der Waals surface area contributed by atoms with E-state index in [1.54, 1.807) is 81.9 Å². The lowest BCUT2D eigenvalue weighted by atomic mass is 10.0. The standard InChI is InChI=1S/C19H16ClFN2O3.C18H15ClFN3O2/c1-25-16-7-6-13(9-23-10-15(22-11-23)19(24)26-2)18(21)17(16)12-4-3-5-14(20)8-12;1-25-15-6-5-12(8-23-9-14(18(21)24)22-10-23)17(20)16(15)11-3-2-4-13(19)7-11/h3-8,10-11H,9H2,1-2H3;2-7,9-10H,8H2,1H3,(H2,21,24). The molecule has 2 heterocycles. The normalized spacial score (nSPS) is 10.6. The van der Waals surface area contributed by atoms with Gasteiger partial charge in [-0.3, -0.25) is 4.79 Å². The molecule has 10 nitrogen and oxygen atoms in total. The number of aromatic nitrogens is 4. The zero-order valence-corrected chi connectivity index (χ0v) is 29.1. The van der Waals surface area contributed by atoms with E-state index in [1.807, 2.05) is 0 Å². The summed E-state index contributed by atoms with van der Waals surface area (Å²) in [4.78, 5) is 30.5. The number of carbonyl (C=O) groups excluding carboxylic acids is 2. The summed E-state index contributed by atoms with van der Waals surface area (Å²) in [5.41, 5.74) is 8.23. The molecule has 262 valence electrons. The minimum Gasteiger partial charge on any atom is -0.496 e. The predicted octanol–water partition coefficient (Wildman–Crippen LogP) is 7.68. The Morgan fingerprint density at radius 1 is 0.706 bits per heavy atom. The third kappa shape index (κ3) is 8.54. The van der Waals surface area contributed by atoms with Crippen molar-refractivity contribution in [2.24, 2.45) is 5.73 Å². The van der Waals surface area contributed by atoms with Crippen LogP contribution in [0, 0.1) is 11.6 Å².